The van der Waals surface area contributed by atoms with Crippen molar-refractivity contribution in [2.24, 2.45) is 5.92 Å². The van der Waals surface area contributed by atoms with Crippen LogP contribution in [0.5, 0.6) is 5.75 Å². The van der Waals surface area contributed by atoms with Gasteiger partial charge in [-0.05, 0) is 43.9 Å². The number of carbonyl (C=O) groups excluding carboxylic acids is 1. The van der Waals surface area contributed by atoms with Crippen LogP contribution in [-0.4, -0.2) is 30.5 Å². The Bertz CT molecular complexity index is 446. The quantitative estimate of drug-likeness (QED) is 0.801. The third kappa shape index (κ3) is 4.23. The molecule has 104 valence electrons. The van der Waals surface area contributed by atoms with Crippen molar-refractivity contribution >= 4 is 21.8 Å². The minimum Gasteiger partial charge on any atom is -0.493 e. The number of amides is 1. The number of benzene rings is 1. The van der Waals surface area contributed by atoms with Crippen LogP contribution in [0, 0.1) is 5.92 Å². The molecular formula is C15H20BrNO2. The van der Waals surface area contributed by atoms with Gasteiger partial charge in [-0.25, -0.2) is 0 Å². The molecule has 4 heteroatoms. The summed E-state index contributed by atoms with van der Waals surface area (Å²) in [5.74, 6) is 1.66. The van der Waals surface area contributed by atoms with Gasteiger partial charge < -0.3 is 9.64 Å². The Morgan fingerprint density at radius 1 is 1.53 bits per heavy atom. The number of hydrogen-bond donors (Lipinski definition) is 0. The fourth-order valence-electron chi connectivity index (χ4n) is 2.11. The Morgan fingerprint density at radius 2 is 2.26 bits per heavy atom. The first kappa shape index (κ1) is 14.4. The van der Waals surface area contributed by atoms with E-state index in [2.05, 4.69) is 22.9 Å². The molecule has 1 aromatic rings. The van der Waals surface area contributed by atoms with E-state index in [0.29, 0.717) is 25.0 Å². The van der Waals surface area contributed by atoms with Gasteiger partial charge in [-0.1, -0.05) is 22.0 Å². The second kappa shape index (κ2) is 6.42. The highest BCUT2D eigenvalue weighted by molar-refractivity contribution is 9.10. The summed E-state index contributed by atoms with van der Waals surface area (Å²) in [5.41, 5.74) is 0. The minimum atomic E-state index is 0.161. The molecule has 0 bridgehead atoms. The summed E-state index contributed by atoms with van der Waals surface area (Å²) in [6.45, 7) is 2.56. The molecule has 2 rings (SSSR count). The average molecular weight is 326 g/mol. The van der Waals surface area contributed by atoms with Crippen LogP contribution in [0.2, 0.25) is 0 Å². The van der Waals surface area contributed by atoms with E-state index >= 15 is 0 Å². The second-order valence-electron chi connectivity index (χ2n) is 5.14. The van der Waals surface area contributed by atoms with Gasteiger partial charge in [-0.2, -0.15) is 0 Å². The molecule has 3 nitrogen and oxygen atoms in total. The molecule has 0 aromatic heterocycles. The van der Waals surface area contributed by atoms with Gasteiger partial charge in [0.2, 0.25) is 5.91 Å². The topological polar surface area (TPSA) is 29.5 Å². The van der Waals surface area contributed by atoms with Crippen LogP contribution in [0.1, 0.15) is 26.2 Å². The Morgan fingerprint density at radius 3 is 2.89 bits per heavy atom. The molecule has 0 N–H and O–H groups in total. The molecule has 0 aliphatic heterocycles. The summed E-state index contributed by atoms with van der Waals surface area (Å²) in [5, 5.41) is 0. The summed E-state index contributed by atoms with van der Waals surface area (Å²) in [6, 6.07) is 8.02. The lowest BCUT2D eigenvalue weighted by molar-refractivity contribution is -0.132. The Kier molecular flexibility index (Phi) is 4.86. The highest BCUT2D eigenvalue weighted by Gasteiger charge is 2.32. The molecule has 1 aromatic carbocycles. The molecule has 1 aliphatic carbocycles. The van der Waals surface area contributed by atoms with E-state index in [0.717, 1.165) is 10.2 Å². The molecule has 1 atom stereocenters. The fraction of sp³-hybridized carbons (Fsp3) is 0.533. The summed E-state index contributed by atoms with van der Waals surface area (Å²) in [4.78, 5) is 13.9. The van der Waals surface area contributed by atoms with Crippen LogP contribution in [0.25, 0.3) is 0 Å². The van der Waals surface area contributed by atoms with Crippen LogP contribution >= 0.6 is 15.9 Å². The highest BCUT2D eigenvalue weighted by Crippen LogP contribution is 2.34. The monoisotopic (exact) mass is 325 g/mol. The van der Waals surface area contributed by atoms with E-state index in [9.17, 15) is 4.79 Å². The van der Waals surface area contributed by atoms with Gasteiger partial charge >= 0.3 is 0 Å². The fourth-order valence-corrected chi connectivity index (χ4v) is 2.49. The first-order valence-corrected chi connectivity index (χ1v) is 7.51. The molecule has 1 fully saturated rings. The third-order valence-corrected chi connectivity index (χ3v) is 4.18. The van der Waals surface area contributed by atoms with Crippen molar-refractivity contribution in [1.29, 1.82) is 0 Å². The lowest BCUT2D eigenvalue weighted by Crippen LogP contribution is -2.37. The second-order valence-corrected chi connectivity index (χ2v) is 6.05. The van der Waals surface area contributed by atoms with Crippen LogP contribution in [0.15, 0.2) is 28.7 Å². The Hall–Kier alpha value is -1.03. The third-order valence-electron chi connectivity index (χ3n) is 3.69. The molecule has 1 saturated carbocycles. The SMILES string of the molecule is CC(C1CC1)N(C)C(=O)CCOc1cccc(Br)c1. The van der Waals surface area contributed by atoms with E-state index in [-0.39, 0.29) is 5.91 Å². The molecule has 1 amide bonds. The van der Waals surface area contributed by atoms with Crippen LogP contribution < -0.4 is 4.74 Å². The van der Waals surface area contributed by atoms with Crippen molar-refractivity contribution in [1.82, 2.24) is 4.90 Å². The van der Waals surface area contributed by atoms with Crippen molar-refractivity contribution in [3.05, 3.63) is 28.7 Å². The number of carbonyl (C=O) groups is 1. The molecule has 19 heavy (non-hydrogen) atoms. The van der Waals surface area contributed by atoms with Crippen LogP contribution in [0.4, 0.5) is 0 Å². The van der Waals surface area contributed by atoms with Gasteiger partial charge in [0.1, 0.15) is 5.75 Å². The maximum Gasteiger partial charge on any atom is 0.225 e. The van der Waals surface area contributed by atoms with Crippen molar-refractivity contribution in [3.8, 4) is 5.75 Å². The largest absolute Gasteiger partial charge is 0.493 e. The molecule has 0 spiro atoms. The number of halogens is 1. The smallest absolute Gasteiger partial charge is 0.225 e. The number of hydrogen-bond acceptors (Lipinski definition) is 2. The van der Waals surface area contributed by atoms with Gasteiger partial charge in [0.15, 0.2) is 0 Å². The normalized spacial score (nSPS) is 15.9. The van der Waals surface area contributed by atoms with Crippen molar-refractivity contribution in [2.45, 2.75) is 32.2 Å². The van der Waals surface area contributed by atoms with Gasteiger partial charge in [-0.3, -0.25) is 4.79 Å². The number of rotatable bonds is 6. The van der Waals surface area contributed by atoms with E-state index in [1.165, 1.54) is 12.8 Å². The summed E-state index contributed by atoms with van der Waals surface area (Å²) in [7, 11) is 1.89. The van der Waals surface area contributed by atoms with Crippen molar-refractivity contribution in [2.75, 3.05) is 13.7 Å². The van der Waals surface area contributed by atoms with Gasteiger partial charge in [-0.15, -0.1) is 0 Å². The van der Waals surface area contributed by atoms with Crippen LogP contribution in [0.3, 0.4) is 0 Å². The van der Waals surface area contributed by atoms with Gasteiger partial charge in [0.05, 0.1) is 13.0 Å². The van der Waals surface area contributed by atoms with E-state index in [1.807, 2.05) is 36.2 Å². The molecule has 0 radical (unpaired) electrons. The summed E-state index contributed by atoms with van der Waals surface area (Å²) in [6.07, 6.45) is 2.95. The van der Waals surface area contributed by atoms with E-state index in [1.54, 1.807) is 0 Å². The predicted molar refractivity (Wildman–Crippen MR) is 79.2 cm³/mol. The maximum absolute atomic E-state index is 12.0. The number of nitrogens with zero attached hydrogens (tertiary/aromatic N) is 1. The Labute approximate surface area is 123 Å². The molecule has 0 heterocycles. The lowest BCUT2D eigenvalue weighted by atomic mass is 10.2. The first-order chi connectivity index (χ1) is 9.08. The first-order valence-electron chi connectivity index (χ1n) is 6.72. The predicted octanol–water partition coefficient (Wildman–Crippen LogP) is 3.47. The summed E-state index contributed by atoms with van der Waals surface area (Å²) >= 11 is 3.39. The van der Waals surface area contributed by atoms with Gasteiger partial charge in [0.25, 0.3) is 0 Å². The Balaban J connectivity index is 1.74. The van der Waals surface area contributed by atoms with Crippen LogP contribution in [-0.2, 0) is 4.79 Å². The molecule has 1 unspecified atom stereocenters. The average Bonchev–Trinajstić information content (AvgIpc) is 3.21. The molecule has 1 aliphatic rings. The van der Waals surface area contributed by atoms with E-state index < -0.39 is 0 Å². The highest BCUT2D eigenvalue weighted by atomic mass is 79.9. The van der Waals surface area contributed by atoms with E-state index in [4.69, 9.17) is 4.74 Å². The number of ether oxygens (including phenoxy) is 1. The van der Waals surface area contributed by atoms with Crippen molar-refractivity contribution in [3.63, 3.8) is 0 Å². The van der Waals surface area contributed by atoms with Crippen molar-refractivity contribution < 1.29 is 9.53 Å². The minimum absolute atomic E-state index is 0.161. The maximum atomic E-state index is 12.0. The molecule has 0 saturated heterocycles. The zero-order valence-corrected chi connectivity index (χ0v) is 13.0. The molecular weight excluding hydrogens is 306 g/mol. The standard InChI is InChI=1S/C15H20BrNO2/c1-11(12-6-7-12)17(2)15(18)8-9-19-14-5-3-4-13(16)10-14/h3-5,10-12H,6-9H2,1-2H3. The zero-order valence-electron chi connectivity index (χ0n) is 11.4. The summed E-state index contributed by atoms with van der Waals surface area (Å²) < 4.78 is 6.57. The lowest BCUT2D eigenvalue weighted by Gasteiger charge is -2.24. The zero-order chi connectivity index (χ0) is 13.8. The van der Waals surface area contributed by atoms with Gasteiger partial charge in [0, 0.05) is 17.6 Å².